The molecule has 1 aromatic carbocycles. The molecule has 1 aliphatic rings. The van der Waals surface area contributed by atoms with Crippen molar-refractivity contribution >= 4 is 34.9 Å². The van der Waals surface area contributed by atoms with Crippen LogP contribution in [-0.2, 0) is 4.74 Å². The number of nitrogens with one attached hydrogen (secondary N) is 2. The summed E-state index contributed by atoms with van der Waals surface area (Å²) in [5.74, 6) is -0.643. The van der Waals surface area contributed by atoms with Crippen molar-refractivity contribution in [1.29, 1.82) is 0 Å². The molecule has 4 rings (SSSR count). The second-order valence-electron chi connectivity index (χ2n) is 7.62. The zero-order valence-electron chi connectivity index (χ0n) is 18.7. The van der Waals surface area contributed by atoms with Gasteiger partial charge in [-0.25, -0.2) is 19.7 Å². The molecule has 0 radical (unpaired) electrons. The highest BCUT2D eigenvalue weighted by Crippen LogP contribution is 2.26. The summed E-state index contributed by atoms with van der Waals surface area (Å²) in [5, 5.41) is 26.5. The minimum absolute atomic E-state index is 0.00153. The molecule has 1 saturated heterocycles. The Kier molecular flexibility index (Phi) is 7.16. The van der Waals surface area contributed by atoms with Crippen LogP contribution in [0.15, 0.2) is 42.6 Å². The number of hydrogen-bond donors (Lipinski definition) is 4. The SMILES string of the molecule is Nc1nc(NCCNc2ncc(C(=O)O)c(-c3ccc(N4CCOCC4)cc3)n2)ccc1[N+](=O)[O-]. The summed E-state index contributed by atoms with van der Waals surface area (Å²) in [7, 11) is 0. The zero-order chi connectivity index (χ0) is 24.8. The van der Waals surface area contributed by atoms with Crippen LogP contribution in [0.25, 0.3) is 11.3 Å². The smallest absolute Gasteiger partial charge is 0.339 e. The van der Waals surface area contributed by atoms with Gasteiger partial charge < -0.3 is 31.1 Å². The second kappa shape index (κ2) is 10.6. The molecule has 3 aromatic rings. The van der Waals surface area contributed by atoms with Crippen molar-refractivity contribution in [2.24, 2.45) is 0 Å². The van der Waals surface area contributed by atoms with Crippen LogP contribution >= 0.6 is 0 Å². The average Bonchev–Trinajstić information content (AvgIpc) is 2.87. The number of aromatic carboxylic acids is 1. The molecule has 13 nitrogen and oxygen atoms in total. The van der Waals surface area contributed by atoms with Crippen LogP contribution in [0.2, 0.25) is 0 Å². The van der Waals surface area contributed by atoms with Gasteiger partial charge in [-0.05, 0) is 18.2 Å². The molecule has 35 heavy (non-hydrogen) atoms. The van der Waals surface area contributed by atoms with Crippen molar-refractivity contribution in [3.63, 3.8) is 0 Å². The van der Waals surface area contributed by atoms with Gasteiger partial charge in [-0.1, -0.05) is 12.1 Å². The molecule has 1 fully saturated rings. The van der Waals surface area contributed by atoms with Crippen LogP contribution in [0, 0.1) is 10.1 Å². The van der Waals surface area contributed by atoms with Crippen LogP contribution in [0.5, 0.6) is 0 Å². The topological polar surface area (TPSA) is 182 Å². The Labute approximate surface area is 200 Å². The molecule has 0 unspecified atom stereocenters. The number of anilines is 4. The van der Waals surface area contributed by atoms with Gasteiger partial charge in [0, 0.05) is 49.7 Å². The van der Waals surface area contributed by atoms with Crippen molar-refractivity contribution < 1.29 is 19.6 Å². The van der Waals surface area contributed by atoms with Crippen molar-refractivity contribution in [3.8, 4) is 11.3 Å². The van der Waals surface area contributed by atoms with Gasteiger partial charge in [0.05, 0.1) is 23.8 Å². The maximum Gasteiger partial charge on any atom is 0.339 e. The average molecular weight is 480 g/mol. The van der Waals surface area contributed by atoms with E-state index in [1.807, 2.05) is 24.3 Å². The molecule has 13 heteroatoms. The Balaban J connectivity index is 1.42. The summed E-state index contributed by atoms with van der Waals surface area (Å²) in [4.78, 5) is 36.7. The lowest BCUT2D eigenvalue weighted by molar-refractivity contribution is -0.384. The number of rotatable bonds is 9. The van der Waals surface area contributed by atoms with Crippen molar-refractivity contribution in [2.75, 3.05) is 60.7 Å². The molecule has 5 N–H and O–H groups in total. The first-order chi connectivity index (χ1) is 16.9. The van der Waals surface area contributed by atoms with Gasteiger partial charge in [-0.15, -0.1) is 0 Å². The number of nitro groups is 1. The van der Waals surface area contributed by atoms with Crippen LogP contribution in [0.1, 0.15) is 10.4 Å². The minimum Gasteiger partial charge on any atom is -0.478 e. The zero-order valence-corrected chi connectivity index (χ0v) is 18.7. The molecular weight excluding hydrogens is 456 g/mol. The number of nitrogens with two attached hydrogens (primary N) is 1. The van der Waals surface area contributed by atoms with E-state index in [1.165, 1.54) is 18.3 Å². The number of carboxylic acids is 1. The lowest BCUT2D eigenvalue weighted by atomic mass is 10.1. The summed E-state index contributed by atoms with van der Waals surface area (Å²) in [6.07, 6.45) is 1.27. The number of benzene rings is 1. The number of nitrogens with zero attached hydrogens (tertiary/aromatic N) is 5. The number of carbonyl (C=O) groups is 1. The summed E-state index contributed by atoms with van der Waals surface area (Å²) in [5.41, 5.74) is 7.34. The highest BCUT2D eigenvalue weighted by molar-refractivity contribution is 5.94. The van der Waals surface area contributed by atoms with Crippen LogP contribution in [-0.4, -0.2) is 70.3 Å². The van der Waals surface area contributed by atoms with Crippen molar-refractivity contribution in [1.82, 2.24) is 15.0 Å². The number of carboxylic acid groups (broad SMARTS) is 1. The van der Waals surface area contributed by atoms with E-state index in [9.17, 15) is 20.0 Å². The molecule has 2 aromatic heterocycles. The fourth-order valence-corrected chi connectivity index (χ4v) is 3.58. The lowest BCUT2D eigenvalue weighted by Crippen LogP contribution is -2.36. The predicted molar refractivity (Wildman–Crippen MR) is 130 cm³/mol. The Morgan fingerprint density at radius 3 is 2.49 bits per heavy atom. The first-order valence-corrected chi connectivity index (χ1v) is 10.8. The van der Waals surface area contributed by atoms with Crippen LogP contribution in [0.3, 0.4) is 0 Å². The number of ether oxygens (including phenoxy) is 1. The Morgan fingerprint density at radius 1 is 1.11 bits per heavy atom. The Morgan fingerprint density at radius 2 is 1.83 bits per heavy atom. The number of hydrogen-bond acceptors (Lipinski definition) is 11. The molecule has 0 amide bonds. The highest BCUT2D eigenvalue weighted by atomic mass is 16.6. The summed E-state index contributed by atoms with van der Waals surface area (Å²) < 4.78 is 5.38. The highest BCUT2D eigenvalue weighted by Gasteiger charge is 2.17. The van der Waals surface area contributed by atoms with Crippen molar-refractivity contribution in [2.45, 2.75) is 0 Å². The Bertz CT molecular complexity index is 1210. The Hall–Kier alpha value is -4.52. The summed E-state index contributed by atoms with van der Waals surface area (Å²) >= 11 is 0. The van der Waals surface area contributed by atoms with Gasteiger partial charge in [-0.2, -0.15) is 0 Å². The third kappa shape index (κ3) is 5.70. The standard InChI is InChI=1S/C22H24N8O5/c23-20-17(30(33)34)5-6-18(27-20)24-7-8-25-22-26-13-16(21(31)32)19(28-22)14-1-3-15(4-2-14)29-9-11-35-12-10-29/h1-6,13H,7-12H2,(H,31,32)(H3,23,24,27)(H,25,26,28). The maximum atomic E-state index is 11.7. The van der Waals surface area contributed by atoms with Gasteiger partial charge in [0.15, 0.2) is 0 Å². The second-order valence-corrected chi connectivity index (χ2v) is 7.62. The van der Waals surface area contributed by atoms with Gasteiger partial charge in [0.25, 0.3) is 0 Å². The van der Waals surface area contributed by atoms with E-state index in [0.717, 1.165) is 18.8 Å². The monoisotopic (exact) mass is 480 g/mol. The van der Waals surface area contributed by atoms with Crippen molar-refractivity contribution in [3.05, 3.63) is 58.3 Å². The molecule has 1 aliphatic heterocycles. The normalized spacial score (nSPS) is 13.3. The van der Waals surface area contributed by atoms with E-state index in [0.29, 0.717) is 43.4 Å². The summed E-state index contributed by atoms with van der Waals surface area (Å²) in [6, 6.07) is 10.3. The van der Waals surface area contributed by atoms with Crippen LogP contribution < -0.4 is 21.3 Å². The van der Waals surface area contributed by atoms with Gasteiger partial charge >= 0.3 is 11.7 Å². The van der Waals surface area contributed by atoms with Gasteiger partial charge in [0.2, 0.25) is 11.8 Å². The van der Waals surface area contributed by atoms with E-state index in [1.54, 1.807) is 0 Å². The van der Waals surface area contributed by atoms with E-state index < -0.39 is 10.9 Å². The maximum absolute atomic E-state index is 11.7. The molecule has 0 saturated carbocycles. The quantitative estimate of drug-likeness (QED) is 0.199. The first kappa shape index (κ1) is 23.6. The molecule has 0 bridgehead atoms. The van der Waals surface area contributed by atoms with Gasteiger partial charge in [0.1, 0.15) is 11.4 Å². The van der Waals surface area contributed by atoms with E-state index >= 15 is 0 Å². The van der Waals surface area contributed by atoms with Crippen LogP contribution in [0.4, 0.5) is 29.0 Å². The summed E-state index contributed by atoms with van der Waals surface area (Å²) in [6.45, 7) is 3.72. The van der Waals surface area contributed by atoms with E-state index in [-0.39, 0.29) is 23.0 Å². The molecule has 0 spiro atoms. The minimum atomic E-state index is -1.12. The predicted octanol–water partition coefficient (Wildman–Crippen LogP) is 2.09. The first-order valence-electron chi connectivity index (χ1n) is 10.8. The number of aromatic nitrogens is 3. The molecular formula is C22H24N8O5. The largest absolute Gasteiger partial charge is 0.478 e. The van der Waals surface area contributed by atoms with Gasteiger partial charge in [-0.3, -0.25) is 10.1 Å². The lowest BCUT2D eigenvalue weighted by Gasteiger charge is -2.28. The fraction of sp³-hybridized carbons (Fsp3) is 0.273. The molecule has 182 valence electrons. The number of pyridine rings is 1. The number of nitrogen functional groups attached to an aromatic ring is 1. The molecule has 0 aliphatic carbocycles. The van der Waals surface area contributed by atoms with E-state index in [4.69, 9.17) is 10.5 Å². The third-order valence-electron chi connectivity index (χ3n) is 5.35. The molecule has 3 heterocycles. The molecule has 0 atom stereocenters. The fourth-order valence-electron chi connectivity index (χ4n) is 3.58. The van der Waals surface area contributed by atoms with E-state index in [2.05, 4.69) is 30.5 Å². The number of morpholine rings is 1. The third-order valence-corrected chi connectivity index (χ3v) is 5.35.